The highest BCUT2D eigenvalue weighted by Gasteiger charge is 2.58. The predicted octanol–water partition coefficient (Wildman–Crippen LogP) is 8.66. The van der Waals surface area contributed by atoms with Crippen LogP contribution in [0.1, 0.15) is 111 Å². The molecule has 3 saturated carbocycles. The van der Waals surface area contributed by atoms with Gasteiger partial charge in [0.1, 0.15) is 6.10 Å². The quantitative estimate of drug-likeness (QED) is 0.182. The lowest BCUT2D eigenvalue weighted by Crippen LogP contribution is -2.50. The predicted molar refractivity (Wildman–Crippen MR) is 145 cm³/mol. The van der Waals surface area contributed by atoms with Crippen LogP contribution >= 0.6 is 15.9 Å². The van der Waals surface area contributed by atoms with E-state index >= 15 is 0 Å². The summed E-state index contributed by atoms with van der Waals surface area (Å²) in [6.07, 6.45) is 19.3. The van der Waals surface area contributed by atoms with Gasteiger partial charge in [-0.05, 0) is 98.2 Å². The van der Waals surface area contributed by atoms with Crippen molar-refractivity contribution in [3.8, 4) is 0 Å². The number of alkyl halides is 1. The lowest BCUT2D eigenvalue weighted by molar-refractivity contribution is -0.0519. The summed E-state index contributed by atoms with van der Waals surface area (Å²) >= 11 is 3.41. The molecule has 0 aromatic rings. The number of hydrogen-bond acceptors (Lipinski definition) is 2. The highest BCUT2D eigenvalue weighted by atomic mass is 79.9. The number of halogens is 1. The van der Waals surface area contributed by atoms with Crippen LogP contribution in [0.15, 0.2) is 11.6 Å². The second-order valence-electron chi connectivity index (χ2n) is 13.0. The van der Waals surface area contributed by atoms with Gasteiger partial charge in [0.25, 0.3) is 0 Å². The lowest BCUT2D eigenvalue weighted by Gasteiger charge is -2.58. The van der Waals surface area contributed by atoms with Crippen LogP contribution in [0, 0.1) is 40.4 Å². The lowest BCUT2D eigenvalue weighted by atomic mass is 9.47. The molecular weight excluding hydrogens is 486 g/mol. The van der Waals surface area contributed by atoms with Crippen molar-refractivity contribution in [2.24, 2.45) is 40.4 Å². The van der Waals surface area contributed by atoms with Gasteiger partial charge >= 0.3 is 6.09 Å². The van der Waals surface area contributed by atoms with E-state index in [1.165, 1.54) is 64.2 Å². The highest BCUT2D eigenvalue weighted by Crippen LogP contribution is 2.66. The molecule has 0 aliphatic heterocycles. The van der Waals surface area contributed by atoms with Crippen molar-refractivity contribution in [2.45, 2.75) is 117 Å². The minimum Gasteiger partial charge on any atom is -0.446 e. The molecule has 7 unspecified atom stereocenters. The Balaban J connectivity index is 1.36. The summed E-state index contributed by atoms with van der Waals surface area (Å²) in [6.45, 7) is 10.6. The first-order chi connectivity index (χ1) is 16.3. The van der Waals surface area contributed by atoms with Gasteiger partial charge in [-0.3, -0.25) is 0 Å². The van der Waals surface area contributed by atoms with Crippen molar-refractivity contribution >= 4 is 22.0 Å². The average Bonchev–Trinajstić information content (AvgIpc) is 3.13. The van der Waals surface area contributed by atoms with E-state index in [1.807, 2.05) is 0 Å². The van der Waals surface area contributed by atoms with E-state index in [9.17, 15) is 4.79 Å². The number of fused-ring (bicyclic) bond motifs is 5. The van der Waals surface area contributed by atoms with E-state index in [0.717, 1.165) is 54.2 Å². The molecule has 0 heterocycles. The van der Waals surface area contributed by atoms with E-state index in [2.05, 4.69) is 55.0 Å². The van der Waals surface area contributed by atoms with Crippen molar-refractivity contribution in [1.29, 1.82) is 0 Å². The van der Waals surface area contributed by atoms with Gasteiger partial charge in [-0.15, -0.1) is 0 Å². The maximum atomic E-state index is 12.2. The Morgan fingerprint density at radius 1 is 1.12 bits per heavy atom. The summed E-state index contributed by atoms with van der Waals surface area (Å²) in [6, 6.07) is 0. The van der Waals surface area contributed by atoms with Crippen LogP contribution in [-0.2, 0) is 4.74 Å². The first-order valence-corrected chi connectivity index (χ1v) is 15.6. The van der Waals surface area contributed by atoms with Crippen LogP contribution < -0.4 is 5.32 Å². The van der Waals surface area contributed by atoms with Crippen LogP contribution in [0.5, 0.6) is 0 Å². The van der Waals surface area contributed by atoms with Crippen molar-refractivity contribution in [1.82, 2.24) is 5.32 Å². The third-order valence-electron chi connectivity index (χ3n) is 10.7. The molecule has 0 saturated heterocycles. The molecule has 3 fully saturated rings. The summed E-state index contributed by atoms with van der Waals surface area (Å²) in [5.74, 6) is 4.43. The summed E-state index contributed by atoms with van der Waals surface area (Å²) < 4.78 is 5.82. The fourth-order valence-electron chi connectivity index (χ4n) is 8.70. The van der Waals surface area contributed by atoms with E-state index in [0.29, 0.717) is 17.4 Å². The van der Waals surface area contributed by atoms with Crippen LogP contribution in [-0.4, -0.2) is 24.1 Å². The van der Waals surface area contributed by atoms with Gasteiger partial charge in [0.05, 0.1) is 0 Å². The first kappa shape index (κ1) is 26.6. The maximum absolute atomic E-state index is 12.2. The van der Waals surface area contributed by atoms with Crippen molar-refractivity contribution in [3.05, 3.63) is 11.6 Å². The van der Waals surface area contributed by atoms with Gasteiger partial charge in [0.15, 0.2) is 0 Å². The normalized spacial score (nSPS) is 39.1. The second kappa shape index (κ2) is 11.3. The molecule has 0 aromatic heterocycles. The summed E-state index contributed by atoms with van der Waals surface area (Å²) in [7, 11) is 0. The number of alkyl carbamates (subject to hydrolysis) is 1. The highest BCUT2D eigenvalue weighted by molar-refractivity contribution is 9.09. The molecule has 0 radical (unpaired) electrons. The van der Waals surface area contributed by atoms with Crippen LogP contribution in [0.25, 0.3) is 0 Å². The Labute approximate surface area is 217 Å². The van der Waals surface area contributed by atoms with Gasteiger partial charge in [0.2, 0.25) is 0 Å². The molecule has 1 N–H and O–H groups in total. The topological polar surface area (TPSA) is 38.3 Å². The second-order valence-corrected chi connectivity index (χ2v) is 13.8. The Hall–Kier alpha value is -0.510. The number of allylic oxidation sites excluding steroid dienone is 1. The fourth-order valence-corrected chi connectivity index (χ4v) is 8.99. The third-order valence-corrected chi connectivity index (χ3v) is 11.3. The molecule has 4 aliphatic carbocycles. The Morgan fingerprint density at radius 2 is 1.94 bits per heavy atom. The van der Waals surface area contributed by atoms with Gasteiger partial charge < -0.3 is 10.1 Å². The van der Waals surface area contributed by atoms with Crippen LogP contribution in [0.2, 0.25) is 0 Å². The number of nitrogens with one attached hydrogen (secondary N) is 1. The van der Waals surface area contributed by atoms with Crippen LogP contribution in [0.3, 0.4) is 0 Å². The zero-order chi connectivity index (χ0) is 24.3. The van der Waals surface area contributed by atoms with Crippen molar-refractivity contribution in [2.75, 3.05) is 11.9 Å². The Kier molecular flexibility index (Phi) is 8.79. The molecule has 194 valence electrons. The molecule has 1 amide bonds. The average molecular weight is 537 g/mol. The van der Waals surface area contributed by atoms with Crippen molar-refractivity contribution < 1.29 is 9.53 Å². The molecule has 7 atom stereocenters. The number of unbranched alkanes of at least 4 members (excludes halogenated alkanes) is 1. The molecule has 0 bridgehead atoms. The van der Waals surface area contributed by atoms with Gasteiger partial charge in [-0.2, -0.15) is 0 Å². The monoisotopic (exact) mass is 535 g/mol. The largest absolute Gasteiger partial charge is 0.446 e. The SMILES string of the molecule is CC(C)CCCCC1CCC2C3CC=C4CC(OC(=O)NCCCBr)CCC4(C)C3CCC12C. The number of carbonyl (C=O) groups is 1. The Morgan fingerprint density at radius 3 is 2.71 bits per heavy atom. The van der Waals surface area contributed by atoms with Gasteiger partial charge in [0, 0.05) is 18.3 Å². The maximum Gasteiger partial charge on any atom is 0.407 e. The number of rotatable bonds is 9. The van der Waals surface area contributed by atoms with Gasteiger partial charge in [-0.1, -0.05) is 74.5 Å². The van der Waals surface area contributed by atoms with Gasteiger partial charge in [-0.25, -0.2) is 4.79 Å². The Bertz CT molecular complexity index is 735. The third kappa shape index (κ3) is 5.42. The van der Waals surface area contributed by atoms with E-state index in [-0.39, 0.29) is 12.2 Å². The molecule has 0 spiro atoms. The molecular formula is C30H50BrNO2. The zero-order valence-corrected chi connectivity index (χ0v) is 23.9. The zero-order valence-electron chi connectivity index (χ0n) is 22.3. The molecule has 3 nitrogen and oxygen atoms in total. The molecule has 4 rings (SSSR count). The number of hydrogen-bond donors (Lipinski definition) is 1. The standard InChI is InChI=1S/C30H50BrNO2/c1-21(2)8-5-6-9-22-11-13-26-25-12-10-23-20-24(34-28(33)32-19-7-18-31)14-16-30(23,4)27(25)15-17-29(22,26)3/h10,21-22,24-27H,5-9,11-20H2,1-4H3,(H,32,33). The van der Waals surface area contributed by atoms with Crippen LogP contribution in [0.4, 0.5) is 4.79 Å². The molecule has 34 heavy (non-hydrogen) atoms. The number of carbonyl (C=O) groups excluding carboxylic acids is 1. The minimum absolute atomic E-state index is 0.0513. The molecule has 0 aromatic carbocycles. The van der Waals surface area contributed by atoms with E-state index in [1.54, 1.807) is 5.57 Å². The fraction of sp³-hybridized carbons (Fsp3) is 0.900. The number of amides is 1. The summed E-state index contributed by atoms with van der Waals surface area (Å²) in [5, 5.41) is 3.81. The molecule has 4 heteroatoms. The minimum atomic E-state index is -0.234. The molecule has 4 aliphatic rings. The van der Waals surface area contributed by atoms with E-state index in [4.69, 9.17) is 4.74 Å². The van der Waals surface area contributed by atoms with Crippen molar-refractivity contribution in [3.63, 3.8) is 0 Å². The first-order valence-electron chi connectivity index (χ1n) is 14.5. The smallest absolute Gasteiger partial charge is 0.407 e. The summed E-state index contributed by atoms with van der Waals surface area (Å²) in [5.41, 5.74) is 2.50. The summed E-state index contributed by atoms with van der Waals surface area (Å²) in [4.78, 5) is 12.2. The van der Waals surface area contributed by atoms with E-state index < -0.39 is 0 Å². The number of ether oxygens (including phenoxy) is 1.